The van der Waals surface area contributed by atoms with Gasteiger partial charge in [0.25, 0.3) is 5.69 Å². The Labute approximate surface area is 170 Å². The normalized spacial score (nSPS) is 10.8. The maximum Gasteiger partial charge on any atom is 0.293 e. The molecule has 0 unspecified atom stereocenters. The molecule has 0 atom stereocenters. The van der Waals surface area contributed by atoms with Gasteiger partial charge >= 0.3 is 0 Å². The molecule has 8 heteroatoms. The Hall–Kier alpha value is -3.78. The fourth-order valence-corrected chi connectivity index (χ4v) is 3.97. The van der Waals surface area contributed by atoms with E-state index in [1.807, 2.05) is 42.5 Å². The topological polar surface area (TPSA) is 111 Å². The number of carbonyl (C=O) groups excluding carboxylic acids is 1. The molecule has 7 nitrogen and oxygen atoms in total. The minimum atomic E-state index is -0.709. The maximum absolute atomic E-state index is 11.3. The molecule has 0 fully saturated rings. The highest BCUT2D eigenvalue weighted by atomic mass is 32.1. The largest absolute Gasteiger partial charge is 0.366 e. The lowest BCUT2D eigenvalue weighted by Gasteiger charge is -2.09. The molecule has 4 rings (SSSR count). The summed E-state index contributed by atoms with van der Waals surface area (Å²) < 4.78 is 1.16. The zero-order chi connectivity index (χ0) is 20.4. The molecule has 1 amide bonds. The number of primary amides is 1. The second kappa shape index (κ2) is 7.69. The summed E-state index contributed by atoms with van der Waals surface area (Å²) >= 11 is 1.67. The maximum atomic E-state index is 11.3. The number of amides is 1. The molecule has 3 N–H and O–H groups in total. The average molecular weight is 404 g/mol. The third-order valence-corrected chi connectivity index (χ3v) is 5.44. The van der Waals surface area contributed by atoms with Gasteiger partial charge in [0.2, 0.25) is 5.91 Å². The number of hydrogen-bond acceptors (Lipinski definition) is 6. The molecule has 0 saturated carbocycles. The minimum Gasteiger partial charge on any atom is -0.366 e. The van der Waals surface area contributed by atoms with Gasteiger partial charge in [-0.1, -0.05) is 24.3 Å². The SMILES string of the molecule is NC(=O)c1ccc(Nc2ccc(Cc3nc4ccccc4s3)cc2)c([N+](=O)[O-])c1. The van der Waals surface area contributed by atoms with Crippen LogP contribution < -0.4 is 11.1 Å². The molecular weight excluding hydrogens is 388 g/mol. The Bertz CT molecular complexity index is 1190. The van der Waals surface area contributed by atoms with E-state index in [0.717, 1.165) is 20.8 Å². The Morgan fingerprint density at radius 1 is 1.10 bits per heavy atom. The van der Waals surface area contributed by atoms with Gasteiger partial charge in [-0.05, 0) is 42.0 Å². The van der Waals surface area contributed by atoms with E-state index in [2.05, 4.69) is 16.4 Å². The number of thiazole rings is 1. The number of hydrogen-bond donors (Lipinski definition) is 2. The highest BCUT2D eigenvalue weighted by Crippen LogP contribution is 2.29. The number of carbonyl (C=O) groups is 1. The number of nitro groups is 1. The van der Waals surface area contributed by atoms with Crippen molar-refractivity contribution in [2.45, 2.75) is 6.42 Å². The predicted molar refractivity (Wildman–Crippen MR) is 114 cm³/mol. The summed E-state index contributed by atoms with van der Waals surface area (Å²) in [5.41, 5.74) is 8.17. The van der Waals surface area contributed by atoms with Crippen LogP contribution in [0.5, 0.6) is 0 Å². The van der Waals surface area contributed by atoms with Crippen LogP contribution in [0.2, 0.25) is 0 Å². The van der Waals surface area contributed by atoms with Crippen LogP contribution in [0.25, 0.3) is 10.2 Å². The Morgan fingerprint density at radius 2 is 1.86 bits per heavy atom. The summed E-state index contributed by atoms with van der Waals surface area (Å²) in [7, 11) is 0. The van der Waals surface area contributed by atoms with Crippen molar-refractivity contribution < 1.29 is 9.72 Å². The smallest absolute Gasteiger partial charge is 0.293 e. The van der Waals surface area contributed by atoms with Gasteiger partial charge in [0.05, 0.1) is 20.1 Å². The molecule has 144 valence electrons. The molecule has 29 heavy (non-hydrogen) atoms. The van der Waals surface area contributed by atoms with Crippen molar-refractivity contribution in [2.24, 2.45) is 5.73 Å². The van der Waals surface area contributed by atoms with Crippen molar-refractivity contribution in [1.82, 2.24) is 4.98 Å². The summed E-state index contributed by atoms with van der Waals surface area (Å²) in [6, 6.07) is 19.8. The van der Waals surface area contributed by atoms with Crippen LogP contribution in [0.4, 0.5) is 17.1 Å². The molecule has 0 aliphatic carbocycles. The van der Waals surface area contributed by atoms with Gasteiger partial charge in [-0.25, -0.2) is 4.98 Å². The Morgan fingerprint density at radius 3 is 2.55 bits per heavy atom. The fraction of sp³-hybridized carbons (Fsp3) is 0.0476. The summed E-state index contributed by atoms with van der Waals surface area (Å²) in [6.07, 6.45) is 0.715. The standard InChI is InChI=1S/C21H16N4O3S/c22-21(26)14-7-10-16(18(12-14)25(27)28)23-15-8-5-13(6-9-15)11-20-24-17-3-1-2-4-19(17)29-20/h1-10,12,23H,11H2,(H2,22,26). The summed E-state index contributed by atoms with van der Waals surface area (Å²) in [5.74, 6) is -0.709. The second-order valence-electron chi connectivity index (χ2n) is 6.43. The van der Waals surface area contributed by atoms with E-state index in [9.17, 15) is 14.9 Å². The van der Waals surface area contributed by atoms with Crippen molar-refractivity contribution in [2.75, 3.05) is 5.32 Å². The molecule has 0 spiro atoms. The molecule has 3 aromatic carbocycles. The molecule has 0 radical (unpaired) electrons. The zero-order valence-electron chi connectivity index (χ0n) is 15.2. The number of benzene rings is 3. The van der Waals surface area contributed by atoms with Crippen molar-refractivity contribution in [1.29, 1.82) is 0 Å². The number of para-hydroxylation sites is 1. The van der Waals surface area contributed by atoms with E-state index in [4.69, 9.17) is 5.73 Å². The summed E-state index contributed by atoms with van der Waals surface area (Å²) in [4.78, 5) is 26.7. The van der Waals surface area contributed by atoms with Crippen LogP contribution in [0.15, 0.2) is 66.7 Å². The predicted octanol–water partition coefficient (Wildman–Crippen LogP) is 4.64. The number of nitrogens with one attached hydrogen (secondary N) is 1. The summed E-state index contributed by atoms with van der Waals surface area (Å²) in [5, 5.41) is 15.4. The van der Waals surface area contributed by atoms with E-state index in [-0.39, 0.29) is 11.3 Å². The molecule has 0 aliphatic heterocycles. The number of aromatic nitrogens is 1. The third kappa shape index (κ3) is 4.07. The molecule has 1 aromatic heterocycles. The Balaban J connectivity index is 1.52. The average Bonchev–Trinajstić information content (AvgIpc) is 3.11. The number of rotatable bonds is 6. The van der Waals surface area contributed by atoms with Crippen molar-refractivity contribution in [3.8, 4) is 0 Å². The van der Waals surface area contributed by atoms with E-state index in [0.29, 0.717) is 17.8 Å². The van der Waals surface area contributed by atoms with Gasteiger partial charge < -0.3 is 11.1 Å². The zero-order valence-corrected chi connectivity index (χ0v) is 16.0. The molecule has 4 aromatic rings. The first-order valence-corrected chi connectivity index (χ1v) is 9.60. The third-order valence-electron chi connectivity index (χ3n) is 4.41. The van der Waals surface area contributed by atoms with Gasteiger partial charge in [0.15, 0.2) is 0 Å². The number of nitrogens with zero attached hydrogens (tertiary/aromatic N) is 2. The molecule has 0 bridgehead atoms. The molecule has 0 aliphatic rings. The molecular formula is C21H16N4O3S. The van der Waals surface area contributed by atoms with Crippen LogP contribution in [-0.4, -0.2) is 15.8 Å². The molecule has 1 heterocycles. The number of nitrogens with two attached hydrogens (primary N) is 1. The quantitative estimate of drug-likeness (QED) is 0.359. The Kier molecular flexibility index (Phi) is 4.92. The van der Waals surface area contributed by atoms with Gasteiger partial charge in [-0.15, -0.1) is 11.3 Å². The van der Waals surface area contributed by atoms with E-state index < -0.39 is 10.8 Å². The van der Waals surface area contributed by atoms with Crippen LogP contribution in [-0.2, 0) is 6.42 Å². The second-order valence-corrected chi connectivity index (χ2v) is 7.54. The first-order valence-electron chi connectivity index (χ1n) is 8.78. The van der Waals surface area contributed by atoms with E-state index >= 15 is 0 Å². The minimum absolute atomic E-state index is 0.0911. The highest BCUT2D eigenvalue weighted by molar-refractivity contribution is 7.18. The summed E-state index contributed by atoms with van der Waals surface area (Å²) in [6.45, 7) is 0. The first-order chi connectivity index (χ1) is 14.0. The van der Waals surface area contributed by atoms with Gasteiger partial charge in [0, 0.05) is 23.7 Å². The number of nitro benzene ring substituents is 1. The van der Waals surface area contributed by atoms with Crippen LogP contribution in [0.3, 0.4) is 0 Å². The number of fused-ring (bicyclic) bond motifs is 1. The lowest BCUT2D eigenvalue weighted by atomic mass is 10.1. The lowest BCUT2D eigenvalue weighted by molar-refractivity contribution is -0.383. The fourth-order valence-electron chi connectivity index (χ4n) is 2.97. The van der Waals surface area contributed by atoms with Crippen LogP contribution in [0, 0.1) is 10.1 Å². The van der Waals surface area contributed by atoms with Gasteiger partial charge in [0.1, 0.15) is 5.69 Å². The van der Waals surface area contributed by atoms with Crippen molar-refractivity contribution >= 4 is 44.5 Å². The van der Waals surface area contributed by atoms with E-state index in [1.165, 1.54) is 18.2 Å². The number of anilines is 2. The van der Waals surface area contributed by atoms with Crippen LogP contribution >= 0.6 is 11.3 Å². The lowest BCUT2D eigenvalue weighted by Crippen LogP contribution is -2.11. The first kappa shape index (κ1) is 18.6. The van der Waals surface area contributed by atoms with Crippen LogP contribution in [0.1, 0.15) is 20.9 Å². The van der Waals surface area contributed by atoms with Gasteiger partial charge in [-0.2, -0.15) is 0 Å². The van der Waals surface area contributed by atoms with Crippen molar-refractivity contribution in [3.05, 3.63) is 93.0 Å². The van der Waals surface area contributed by atoms with E-state index in [1.54, 1.807) is 11.3 Å². The monoisotopic (exact) mass is 404 g/mol. The highest BCUT2D eigenvalue weighted by Gasteiger charge is 2.16. The van der Waals surface area contributed by atoms with Crippen molar-refractivity contribution in [3.63, 3.8) is 0 Å². The molecule has 0 saturated heterocycles. The van der Waals surface area contributed by atoms with Gasteiger partial charge in [-0.3, -0.25) is 14.9 Å².